The summed E-state index contributed by atoms with van der Waals surface area (Å²) in [5, 5.41) is 0. The van der Waals surface area contributed by atoms with Crippen LogP contribution in [0.15, 0.2) is 91.0 Å². The molecule has 0 aliphatic heterocycles. The molecule has 3 aromatic rings. The fourth-order valence-corrected chi connectivity index (χ4v) is 4.39. The van der Waals surface area contributed by atoms with Gasteiger partial charge in [-0.2, -0.15) is 0 Å². The third-order valence-electron chi connectivity index (χ3n) is 6.32. The highest BCUT2D eigenvalue weighted by Crippen LogP contribution is 2.36. The van der Waals surface area contributed by atoms with Crippen molar-refractivity contribution < 1.29 is 14.3 Å². The van der Waals surface area contributed by atoms with Crippen LogP contribution in [-0.2, 0) is 9.53 Å². The number of nitrogens with zero attached hydrogens (tertiary/aromatic N) is 1. The zero-order valence-electron chi connectivity index (χ0n) is 21.4. The van der Waals surface area contributed by atoms with E-state index in [1.165, 1.54) is 0 Å². The Morgan fingerprint density at radius 3 is 1.89 bits per heavy atom. The van der Waals surface area contributed by atoms with Gasteiger partial charge in [-0.05, 0) is 66.8 Å². The average molecular weight is 472 g/mol. The normalized spacial score (nSPS) is 12.3. The lowest BCUT2D eigenvalue weighted by atomic mass is 9.85. The predicted octanol–water partition coefficient (Wildman–Crippen LogP) is 7.15. The fraction of sp³-hybridized carbons (Fsp3) is 0.323. The maximum absolute atomic E-state index is 13.9. The van der Waals surface area contributed by atoms with Crippen molar-refractivity contribution >= 4 is 17.2 Å². The van der Waals surface area contributed by atoms with E-state index < -0.39 is 5.54 Å². The van der Waals surface area contributed by atoms with Crippen LogP contribution in [0.1, 0.15) is 51.2 Å². The van der Waals surface area contributed by atoms with Crippen LogP contribution in [0.4, 0.5) is 5.69 Å². The highest BCUT2D eigenvalue weighted by atomic mass is 16.5. The summed E-state index contributed by atoms with van der Waals surface area (Å²) in [7, 11) is 1.66. The molecule has 3 aromatic carbocycles. The van der Waals surface area contributed by atoms with Crippen molar-refractivity contribution in [3.05, 3.63) is 102 Å². The number of ether oxygens (including phenoxy) is 2. The van der Waals surface area contributed by atoms with Gasteiger partial charge in [0.05, 0.1) is 13.7 Å². The summed E-state index contributed by atoms with van der Waals surface area (Å²) in [6, 6.07) is 28.4. The number of rotatable bonds is 12. The number of benzene rings is 3. The molecule has 0 spiro atoms. The minimum absolute atomic E-state index is 0.237. The average Bonchev–Trinajstić information content (AvgIpc) is 2.92. The summed E-state index contributed by atoms with van der Waals surface area (Å²) in [5.74, 6) is 0.547. The van der Waals surface area contributed by atoms with Crippen LogP contribution in [0.25, 0.3) is 5.57 Å². The molecule has 0 aliphatic rings. The molecular formula is C31H37NO3. The molecule has 184 valence electrons. The van der Waals surface area contributed by atoms with Crippen LogP contribution in [0, 0.1) is 0 Å². The Hall–Kier alpha value is -3.53. The van der Waals surface area contributed by atoms with Crippen molar-refractivity contribution in [3.8, 4) is 5.75 Å². The maximum Gasteiger partial charge on any atom is 0.336 e. The zero-order chi connectivity index (χ0) is 25.1. The van der Waals surface area contributed by atoms with Crippen LogP contribution in [0.2, 0.25) is 0 Å². The van der Waals surface area contributed by atoms with E-state index >= 15 is 0 Å². The van der Waals surface area contributed by atoms with E-state index in [1.807, 2.05) is 67.6 Å². The second kappa shape index (κ2) is 12.8. The fourth-order valence-electron chi connectivity index (χ4n) is 4.39. The van der Waals surface area contributed by atoms with E-state index in [4.69, 9.17) is 9.47 Å². The molecule has 0 amide bonds. The number of carbonyl (C=O) groups is 1. The molecule has 0 aromatic heterocycles. The van der Waals surface area contributed by atoms with E-state index in [0.717, 1.165) is 47.5 Å². The highest BCUT2D eigenvalue weighted by Gasteiger charge is 2.43. The summed E-state index contributed by atoms with van der Waals surface area (Å²) < 4.78 is 11.1. The molecule has 0 heterocycles. The second-order valence-electron chi connectivity index (χ2n) is 8.49. The molecule has 0 saturated carbocycles. The van der Waals surface area contributed by atoms with Gasteiger partial charge in [0.1, 0.15) is 5.75 Å². The van der Waals surface area contributed by atoms with Gasteiger partial charge in [-0.15, -0.1) is 0 Å². The van der Waals surface area contributed by atoms with Gasteiger partial charge < -0.3 is 14.4 Å². The minimum Gasteiger partial charge on any atom is -0.497 e. The first-order valence-electron chi connectivity index (χ1n) is 12.5. The minimum atomic E-state index is -0.985. The van der Waals surface area contributed by atoms with Crippen molar-refractivity contribution in [3.63, 3.8) is 0 Å². The first-order chi connectivity index (χ1) is 17.1. The molecule has 0 aliphatic carbocycles. The lowest BCUT2D eigenvalue weighted by molar-refractivity contribution is -0.148. The molecule has 4 heteroatoms. The molecule has 0 radical (unpaired) electrons. The lowest BCUT2D eigenvalue weighted by Crippen LogP contribution is -2.55. The van der Waals surface area contributed by atoms with Crippen LogP contribution < -0.4 is 9.64 Å². The van der Waals surface area contributed by atoms with Crippen molar-refractivity contribution in [2.45, 2.75) is 45.6 Å². The van der Waals surface area contributed by atoms with Crippen molar-refractivity contribution in [2.24, 2.45) is 0 Å². The van der Waals surface area contributed by atoms with Gasteiger partial charge in [0.25, 0.3) is 0 Å². The predicted molar refractivity (Wildman–Crippen MR) is 145 cm³/mol. The highest BCUT2D eigenvalue weighted by molar-refractivity contribution is 5.93. The Bertz CT molecular complexity index is 1040. The molecule has 35 heavy (non-hydrogen) atoms. The van der Waals surface area contributed by atoms with E-state index in [9.17, 15) is 4.79 Å². The van der Waals surface area contributed by atoms with Gasteiger partial charge in [-0.25, -0.2) is 4.79 Å². The maximum atomic E-state index is 13.9. The molecule has 0 fully saturated rings. The monoisotopic (exact) mass is 471 g/mol. The summed E-state index contributed by atoms with van der Waals surface area (Å²) in [6.07, 6.45) is 4.65. The van der Waals surface area contributed by atoms with Gasteiger partial charge in [-0.3, -0.25) is 0 Å². The SMILES string of the molecule is CCCCN(c1ccc(OC)cc1)C(C=C(c1ccccc1)c1ccccc1)(CC)C(=O)OCC. The molecule has 4 nitrogen and oxygen atoms in total. The Morgan fingerprint density at radius 1 is 0.857 bits per heavy atom. The number of methoxy groups -OCH3 is 1. The Balaban J connectivity index is 2.28. The van der Waals surface area contributed by atoms with Gasteiger partial charge >= 0.3 is 5.97 Å². The summed E-state index contributed by atoms with van der Waals surface area (Å²) >= 11 is 0. The van der Waals surface area contributed by atoms with Crippen LogP contribution >= 0.6 is 0 Å². The number of esters is 1. The Labute approximate surface area is 210 Å². The van der Waals surface area contributed by atoms with Crippen LogP contribution in [0.3, 0.4) is 0 Å². The third-order valence-corrected chi connectivity index (χ3v) is 6.32. The molecule has 0 N–H and O–H groups in total. The molecule has 1 unspecified atom stereocenters. The first-order valence-corrected chi connectivity index (χ1v) is 12.5. The van der Waals surface area contributed by atoms with Crippen molar-refractivity contribution in [1.82, 2.24) is 0 Å². The standard InChI is InChI=1S/C31H37NO3/c1-5-8-23-32(27-19-21-28(34-4)22-20-27)31(6-2,30(33)35-7-3)24-29(25-15-11-9-12-16-25)26-17-13-10-14-18-26/h9-22,24H,5-8,23H2,1-4H3. The molecular weight excluding hydrogens is 434 g/mol. The number of hydrogen-bond donors (Lipinski definition) is 0. The van der Waals surface area contributed by atoms with E-state index in [-0.39, 0.29) is 5.97 Å². The third kappa shape index (κ3) is 6.13. The Kier molecular flexibility index (Phi) is 9.54. The van der Waals surface area contributed by atoms with Gasteiger partial charge in [0.15, 0.2) is 5.54 Å². The molecule has 3 rings (SSSR count). The lowest BCUT2D eigenvalue weighted by Gasteiger charge is -2.42. The number of anilines is 1. The second-order valence-corrected chi connectivity index (χ2v) is 8.49. The summed E-state index contributed by atoms with van der Waals surface area (Å²) in [4.78, 5) is 16.1. The Morgan fingerprint density at radius 2 is 1.43 bits per heavy atom. The zero-order valence-corrected chi connectivity index (χ0v) is 21.4. The summed E-state index contributed by atoms with van der Waals surface area (Å²) in [5.41, 5.74) is 3.11. The molecule has 0 bridgehead atoms. The molecule has 0 saturated heterocycles. The number of carbonyl (C=O) groups excluding carboxylic acids is 1. The largest absolute Gasteiger partial charge is 0.497 e. The first kappa shape index (κ1) is 26.1. The van der Waals surface area contributed by atoms with Crippen molar-refractivity contribution in [2.75, 3.05) is 25.2 Å². The quantitative estimate of drug-likeness (QED) is 0.263. The van der Waals surface area contributed by atoms with E-state index in [2.05, 4.69) is 49.1 Å². The van der Waals surface area contributed by atoms with Gasteiger partial charge in [0.2, 0.25) is 0 Å². The van der Waals surface area contributed by atoms with E-state index in [1.54, 1.807) is 7.11 Å². The van der Waals surface area contributed by atoms with Crippen LogP contribution in [-0.4, -0.2) is 31.8 Å². The van der Waals surface area contributed by atoms with Gasteiger partial charge in [-0.1, -0.05) is 80.9 Å². The summed E-state index contributed by atoms with van der Waals surface area (Å²) in [6.45, 7) is 7.14. The van der Waals surface area contributed by atoms with E-state index in [0.29, 0.717) is 13.0 Å². The van der Waals surface area contributed by atoms with Gasteiger partial charge in [0, 0.05) is 12.2 Å². The number of unbranched alkanes of at least 4 members (excludes halogenated alkanes) is 1. The smallest absolute Gasteiger partial charge is 0.336 e. The molecule has 1 atom stereocenters. The number of hydrogen-bond acceptors (Lipinski definition) is 4. The topological polar surface area (TPSA) is 38.8 Å². The van der Waals surface area contributed by atoms with Crippen molar-refractivity contribution in [1.29, 1.82) is 0 Å². The van der Waals surface area contributed by atoms with Crippen LogP contribution in [0.5, 0.6) is 5.75 Å².